The van der Waals surface area contributed by atoms with Crippen LogP contribution in [-0.2, 0) is 11.2 Å². The average Bonchev–Trinajstić information content (AvgIpc) is 3.16. The van der Waals surface area contributed by atoms with Crippen molar-refractivity contribution in [2.45, 2.75) is 78.0 Å². The van der Waals surface area contributed by atoms with E-state index in [4.69, 9.17) is 4.74 Å². The highest BCUT2D eigenvalue weighted by atomic mass is 16.5. The van der Waals surface area contributed by atoms with Gasteiger partial charge in [-0.2, -0.15) is 0 Å². The lowest BCUT2D eigenvalue weighted by atomic mass is 9.76. The molecule has 1 aromatic heterocycles. The van der Waals surface area contributed by atoms with Crippen LogP contribution < -0.4 is 10.6 Å². The van der Waals surface area contributed by atoms with Crippen molar-refractivity contribution >= 4 is 17.0 Å². The van der Waals surface area contributed by atoms with Crippen LogP contribution in [0.2, 0.25) is 0 Å². The van der Waals surface area contributed by atoms with Crippen LogP contribution in [0.1, 0.15) is 64.5 Å². The highest BCUT2D eigenvalue weighted by Crippen LogP contribution is 2.35. The third-order valence-electron chi connectivity index (χ3n) is 6.65. The molecule has 2 aromatic rings. The van der Waals surface area contributed by atoms with E-state index >= 15 is 0 Å². The minimum atomic E-state index is -1.10. The molecule has 0 saturated carbocycles. The Kier molecular flexibility index (Phi) is 10.7. The predicted molar refractivity (Wildman–Crippen MR) is 134 cm³/mol. The number of aryl methyl sites for hydroxylation is 1. The van der Waals surface area contributed by atoms with Crippen molar-refractivity contribution in [2.24, 2.45) is 11.8 Å². The molecule has 0 saturated heterocycles. The second-order valence-electron chi connectivity index (χ2n) is 9.83. The lowest BCUT2D eigenvalue weighted by molar-refractivity contribution is 0.0966. The molecule has 4 unspecified atom stereocenters. The Labute approximate surface area is 198 Å². The molecule has 0 aliphatic carbocycles. The number of ether oxygens (including phenoxy) is 1. The zero-order chi connectivity index (χ0) is 24.5. The van der Waals surface area contributed by atoms with E-state index in [-0.39, 0.29) is 17.9 Å². The number of aromatic nitrogens is 1. The Balaban J connectivity index is 2.24. The fourth-order valence-corrected chi connectivity index (χ4v) is 4.66. The number of hydrogen-bond donors (Lipinski definition) is 5. The van der Waals surface area contributed by atoms with Crippen LogP contribution in [0, 0.1) is 11.8 Å². The van der Waals surface area contributed by atoms with Gasteiger partial charge >= 0.3 is 6.09 Å². The van der Waals surface area contributed by atoms with Gasteiger partial charge in [0.15, 0.2) is 0 Å². The number of H-pyrrole nitrogens is 1. The second kappa shape index (κ2) is 13.0. The summed E-state index contributed by atoms with van der Waals surface area (Å²) in [5.41, 5.74) is 3.65. The Bertz CT molecular complexity index is 864. The van der Waals surface area contributed by atoms with Gasteiger partial charge in [0.25, 0.3) is 0 Å². The number of carboxylic acid groups (broad SMARTS) is 1. The van der Waals surface area contributed by atoms with Gasteiger partial charge in [-0.3, -0.25) is 0 Å². The number of carbonyl (C=O) groups is 1. The van der Waals surface area contributed by atoms with E-state index in [2.05, 4.69) is 60.8 Å². The number of hydrogen-bond acceptors (Lipinski definition) is 4. The van der Waals surface area contributed by atoms with Crippen LogP contribution >= 0.6 is 0 Å². The van der Waals surface area contributed by atoms with E-state index in [9.17, 15) is 15.0 Å². The first-order valence-corrected chi connectivity index (χ1v) is 12.1. The SMILES string of the molecule is COCCCc1c[nH]c2ccc(C(C)C(CC(NC(=O)O)C(O)CNC(C)C)C(C)C)cc12. The van der Waals surface area contributed by atoms with Crippen LogP contribution in [0.3, 0.4) is 0 Å². The number of aliphatic hydroxyl groups is 1. The standard InChI is InChI=1S/C26H43N3O4/c1-16(2)21(13-24(29-26(31)32)25(30)15-27-17(3)4)18(5)19-9-10-23-22(12-19)20(14-28-23)8-7-11-33-6/h9-10,12,14,16-18,21,24-25,27-30H,7-8,11,13,15H2,1-6H3,(H,31,32). The minimum absolute atomic E-state index is 0.198. The van der Waals surface area contributed by atoms with Gasteiger partial charge in [0, 0.05) is 43.4 Å². The number of aromatic amines is 1. The van der Waals surface area contributed by atoms with Crippen molar-refractivity contribution in [3.63, 3.8) is 0 Å². The number of methoxy groups -OCH3 is 1. The van der Waals surface area contributed by atoms with Gasteiger partial charge < -0.3 is 30.6 Å². The molecule has 4 atom stereocenters. The molecular weight excluding hydrogens is 418 g/mol. The number of amides is 1. The molecule has 1 heterocycles. The van der Waals surface area contributed by atoms with Gasteiger partial charge in [0.2, 0.25) is 0 Å². The fraction of sp³-hybridized carbons (Fsp3) is 0.654. The van der Waals surface area contributed by atoms with Crippen LogP contribution in [0.5, 0.6) is 0 Å². The minimum Gasteiger partial charge on any atom is -0.465 e. The summed E-state index contributed by atoms with van der Waals surface area (Å²) < 4.78 is 5.20. The summed E-state index contributed by atoms with van der Waals surface area (Å²) >= 11 is 0. The van der Waals surface area contributed by atoms with Gasteiger partial charge in [-0.1, -0.05) is 40.7 Å². The normalized spacial score (nSPS) is 15.7. The first kappa shape index (κ1) is 27.2. The third-order valence-corrected chi connectivity index (χ3v) is 6.65. The van der Waals surface area contributed by atoms with Crippen molar-refractivity contribution in [2.75, 3.05) is 20.3 Å². The molecular formula is C26H43N3O4. The first-order valence-electron chi connectivity index (χ1n) is 12.1. The smallest absolute Gasteiger partial charge is 0.404 e. The van der Waals surface area contributed by atoms with Crippen molar-refractivity contribution in [3.05, 3.63) is 35.5 Å². The summed E-state index contributed by atoms with van der Waals surface area (Å²) in [7, 11) is 1.73. The summed E-state index contributed by atoms with van der Waals surface area (Å²) in [4.78, 5) is 14.8. The summed E-state index contributed by atoms with van der Waals surface area (Å²) in [6.07, 6.45) is 2.68. The number of rotatable bonds is 14. The fourth-order valence-electron chi connectivity index (χ4n) is 4.66. The van der Waals surface area contributed by atoms with Gasteiger partial charge in [-0.15, -0.1) is 0 Å². The number of benzene rings is 1. The summed E-state index contributed by atoms with van der Waals surface area (Å²) in [6.45, 7) is 11.6. The van der Waals surface area contributed by atoms with Crippen molar-refractivity contribution in [1.29, 1.82) is 0 Å². The molecule has 0 aliphatic rings. The van der Waals surface area contributed by atoms with E-state index in [1.54, 1.807) is 7.11 Å². The lowest BCUT2D eigenvalue weighted by Crippen LogP contribution is -2.49. The predicted octanol–water partition coefficient (Wildman–Crippen LogP) is 4.51. The lowest BCUT2D eigenvalue weighted by Gasteiger charge is -2.33. The highest BCUT2D eigenvalue weighted by Gasteiger charge is 2.30. The monoisotopic (exact) mass is 461 g/mol. The van der Waals surface area contributed by atoms with Crippen LogP contribution in [0.4, 0.5) is 4.79 Å². The van der Waals surface area contributed by atoms with Gasteiger partial charge in [0.1, 0.15) is 0 Å². The molecule has 5 N–H and O–H groups in total. The summed E-state index contributed by atoms with van der Waals surface area (Å²) in [6, 6.07) is 6.24. The van der Waals surface area contributed by atoms with E-state index in [0.29, 0.717) is 18.9 Å². The molecule has 0 spiro atoms. The van der Waals surface area contributed by atoms with Crippen LogP contribution in [0.25, 0.3) is 10.9 Å². The Hall–Kier alpha value is -2.09. The zero-order valence-electron chi connectivity index (χ0n) is 21.0. The van der Waals surface area contributed by atoms with Gasteiger partial charge in [0.05, 0.1) is 12.1 Å². The van der Waals surface area contributed by atoms with Crippen molar-refractivity contribution < 1.29 is 19.7 Å². The molecule has 7 heteroatoms. The largest absolute Gasteiger partial charge is 0.465 e. The van der Waals surface area contributed by atoms with Crippen molar-refractivity contribution in [1.82, 2.24) is 15.6 Å². The summed E-state index contributed by atoms with van der Waals surface area (Å²) in [5, 5.41) is 27.1. The average molecular weight is 462 g/mol. The van der Waals surface area contributed by atoms with Gasteiger partial charge in [-0.25, -0.2) is 4.79 Å². The van der Waals surface area contributed by atoms with Crippen molar-refractivity contribution in [3.8, 4) is 0 Å². The highest BCUT2D eigenvalue weighted by molar-refractivity contribution is 5.84. The summed E-state index contributed by atoms with van der Waals surface area (Å²) in [5.74, 6) is 0.731. The second-order valence-corrected chi connectivity index (χ2v) is 9.83. The first-order chi connectivity index (χ1) is 15.6. The topological polar surface area (TPSA) is 107 Å². The molecule has 1 amide bonds. The maximum Gasteiger partial charge on any atom is 0.404 e. The van der Waals surface area contributed by atoms with E-state index in [0.717, 1.165) is 25.0 Å². The number of nitrogens with one attached hydrogen (secondary N) is 3. The Morgan fingerprint density at radius 3 is 2.52 bits per heavy atom. The molecule has 0 aliphatic heterocycles. The third kappa shape index (κ3) is 8.02. The number of fused-ring (bicyclic) bond motifs is 1. The van der Waals surface area contributed by atoms with E-state index in [1.165, 1.54) is 16.5 Å². The molecule has 1 aromatic carbocycles. The molecule has 33 heavy (non-hydrogen) atoms. The van der Waals surface area contributed by atoms with E-state index < -0.39 is 18.2 Å². The Morgan fingerprint density at radius 1 is 1.18 bits per heavy atom. The van der Waals surface area contributed by atoms with Gasteiger partial charge in [-0.05, 0) is 60.3 Å². The zero-order valence-corrected chi connectivity index (χ0v) is 21.0. The molecule has 0 bridgehead atoms. The molecule has 2 rings (SSSR count). The van der Waals surface area contributed by atoms with Crippen LogP contribution in [0.15, 0.2) is 24.4 Å². The van der Waals surface area contributed by atoms with Crippen LogP contribution in [-0.4, -0.2) is 59.7 Å². The van der Waals surface area contributed by atoms with E-state index in [1.807, 2.05) is 13.8 Å². The Morgan fingerprint density at radius 2 is 1.91 bits per heavy atom. The maximum absolute atomic E-state index is 11.5. The quantitative estimate of drug-likeness (QED) is 0.266. The maximum atomic E-state index is 11.5. The molecule has 7 nitrogen and oxygen atoms in total. The molecule has 186 valence electrons. The number of aliphatic hydroxyl groups excluding tert-OH is 1. The molecule has 0 radical (unpaired) electrons. The molecule has 0 fully saturated rings.